The number of H-pyrrole nitrogens is 1. The number of nitrogens with zero attached hydrogens (tertiary/aromatic N) is 3. The van der Waals surface area contributed by atoms with Crippen LogP contribution in [0.25, 0.3) is 0 Å². The molecule has 3 N–H and O–H groups in total. The molecule has 3 atom stereocenters. The Labute approximate surface area is 83.5 Å². The SMILES string of the molecule is CC1CCCC(C(N)c2nn[nH]n2)C1. The molecule has 5 nitrogen and oxygen atoms in total. The van der Waals surface area contributed by atoms with Crippen molar-refractivity contribution in [1.29, 1.82) is 0 Å². The summed E-state index contributed by atoms with van der Waals surface area (Å²) >= 11 is 0. The smallest absolute Gasteiger partial charge is 0.191 e. The minimum atomic E-state index is -0.0449. The zero-order valence-corrected chi connectivity index (χ0v) is 8.48. The normalized spacial score (nSPS) is 30.1. The number of hydrogen-bond donors (Lipinski definition) is 2. The Morgan fingerprint density at radius 1 is 1.50 bits per heavy atom. The summed E-state index contributed by atoms with van der Waals surface area (Å²) in [6.45, 7) is 2.29. The molecule has 0 radical (unpaired) electrons. The van der Waals surface area contributed by atoms with Gasteiger partial charge in [-0.05, 0) is 24.7 Å². The van der Waals surface area contributed by atoms with E-state index in [0.29, 0.717) is 11.7 Å². The van der Waals surface area contributed by atoms with Crippen molar-refractivity contribution >= 4 is 0 Å². The minimum absolute atomic E-state index is 0.0449. The quantitative estimate of drug-likeness (QED) is 0.738. The first-order valence-corrected chi connectivity index (χ1v) is 5.26. The van der Waals surface area contributed by atoms with Crippen LogP contribution in [-0.2, 0) is 0 Å². The van der Waals surface area contributed by atoms with Gasteiger partial charge < -0.3 is 5.73 Å². The minimum Gasteiger partial charge on any atom is -0.321 e. The van der Waals surface area contributed by atoms with E-state index < -0.39 is 0 Å². The van der Waals surface area contributed by atoms with E-state index in [1.54, 1.807) is 0 Å². The highest BCUT2D eigenvalue weighted by atomic mass is 15.5. The Bertz CT molecular complexity index is 271. The van der Waals surface area contributed by atoms with Gasteiger partial charge in [0.15, 0.2) is 5.82 Å². The number of aromatic amines is 1. The van der Waals surface area contributed by atoms with Crippen LogP contribution < -0.4 is 5.73 Å². The summed E-state index contributed by atoms with van der Waals surface area (Å²) in [5.74, 6) is 1.96. The van der Waals surface area contributed by atoms with Crippen molar-refractivity contribution in [3.8, 4) is 0 Å². The van der Waals surface area contributed by atoms with Crippen molar-refractivity contribution in [2.45, 2.75) is 38.6 Å². The van der Waals surface area contributed by atoms with Crippen LogP contribution in [0, 0.1) is 11.8 Å². The molecule has 0 amide bonds. The van der Waals surface area contributed by atoms with Crippen molar-refractivity contribution in [3.05, 3.63) is 5.82 Å². The molecular formula is C9H17N5. The Hall–Kier alpha value is -0.970. The molecule has 0 bridgehead atoms. The van der Waals surface area contributed by atoms with Gasteiger partial charge in [-0.25, -0.2) is 0 Å². The predicted molar refractivity (Wildman–Crippen MR) is 52.2 cm³/mol. The monoisotopic (exact) mass is 195 g/mol. The van der Waals surface area contributed by atoms with Gasteiger partial charge in [-0.2, -0.15) is 5.21 Å². The van der Waals surface area contributed by atoms with Crippen molar-refractivity contribution in [2.24, 2.45) is 17.6 Å². The maximum absolute atomic E-state index is 6.09. The number of nitrogens with two attached hydrogens (primary N) is 1. The molecule has 5 heteroatoms. The Balaban J connectivity index is 2.00. The van der Waals surface area contributed by atoms with Crippen LogP contribution in [0.1, 0.15) is 44.5 Å². The lowest BCUT2D eigenvalue weighted by molar-refractivity contribution is 0.243. The summed E-state index contributed by atoms with van der Waals surface area (Å²) in [6, 6.07) is -0.0449. The Morgan fingerprint density at radius 2 is 2.36 bits per heavy atom. The summed E-state index contributed by atoms with van der Waals surface area (Å²) in [7, 11) is 0. The molecule has 3 unspecified atom stereocenters. The fourth-order valence-electron chi connectivity index (χ4n) is 2.33. The van der Waals surface area contributed by atoms with E-state index in [1.807, 2.05) is 0 Å². The zero-order valence-electron chi connectivity index (χ0n) is 8.48. The molecule has 78 valence electrons. The summed E-state index contributed by atoms with van der Waals surface area (Å²) in [5, 5.41) is 13.9. The highest BCUT2D eigenvalue weighted by Crippen LogP contribution is 2.34. The summed E-state index contributed by atoms with van der Waals surface area (Å²) in [4.78, 5) is 0. The highest BCUT2D eigenvalue weighted by Gasteiger charge is 2.27. The number of aromatic nitrogens is 4. The first kappa shape index (κ1) is 9.58. The molecule has 1 aliphatic carbocycles. The molecule has 1 aliphatic rings. The molecule has 1 aromatic rings. The lowest BCUT2D eigenvalue weighted by Crippen LogP contribution is -2.27. The van der Waals surface area contributed by atoms with Gasteiger partial charge in [-0.15, -0.1) is 10.2 Å². The number of tetrazole rings is 1. The highest BCUT2D eigenvalue weighted by molar-refractivity contribution is 4.92. The molecule has 1 aromatic heterocycles. The van der Waals surface area contributed by atoms with Crippen LogP contribution in [0.5, 0.6) is 0 Å². The van der Waals surface area contributed by atoms with Crippen molar-refractivity contribution < 1.29 is 0 Å². The first-order chi connectivity index (χ1) is 6.77. The molecule has 0 aliphatic heterocycles. The van der Waals surface area contributed by atoms with Crippen molar-refractivity contribution in [3.63, 3.8) is 0 Å². The van der Waals surface area contributed by atoms with Crippen LogP contribution in [0.3, 0.4) is 0 Å². The van der Waals surface area contributed by atoms with E-state index in [9.17, 15) is 0 Å². The third-order valence-electron chi connectivity index (χ3n) is 3.14. The fraction of sp³-hybridized carbons (Fsp3) is 0.889. The van der Waals surface area contributed by atoms with Gasteiger partial charge in [0.2, 0.25) is 0 Å². The number of rotatable bonds is 2. The summed E-state index contributed by atoms with van der Waals surface area (Å²) in [6.07, 6.45) is 4.99. The van der Waals surface area contributed by atoms with E-state index in [1.165, 1.54) is 25.7 Å². The lowest BCUT2D eigenvalue weighted by Gasteiger charge is -2.29. The molecular weight excluding hydrogens is 178 g/mol. The third-order valence-corrected chi connectivity index (χ3v) is 3.14. The molecule has 0 saturated heterocycles. The molecule has 0 spiro atoms. The summed E-state index contributed by atoms with van der Waals surface area (Å²) < 4.78 is 0. The second-order valence-electron chi connectivity index (χ2n) is 4.33. The lowest BCUT2D eigenvalue weighted by atomic mass is 9.78. The number of nitrogens with one attached hydrogen (secondary N) is 1. The van der Waals surface area contributed by atoms with Crippen LogP contribution in [0.4, 0.5) is 0 Å². The second-order valence-corrected chi connectivity index (χ2v) is 4.33. The standard InChI is InChI=1S/C9H17N5/c1-6-3-2-4-7(5-6)8(10)9-11-13-14-12-9/h6-8H,2-5,10H2,1H3,(H,11,12,13,14). The van der Waals surface area contributed by atoms with E-state index in [0.717, 1.165) is 5.92 Å². The van der Waals surface area contributed by atoms with Gasteiger partial charge in [0, 0.05) is 0 Å². The van der Waals surface area contributed by atoms with Crippen LogP contribution >= 0.6 is 0 Å². The molecule has 14 heavy (non-hydrogen) atoms. The van der Waals surface area contributed by atoms with Crippen LogP contribution in [0.15, 0.2) is 0 Å². The summed E-state index contributed by atoms with van der Waals surface area (Å²) in [5.41, 5.74) is 6.09. The topological polar surface area (TPSA) is 80.5 Å². The Kier molecular flexibility index (Phi) is 2.77. The van der Waals surface area contributed by atoms with E-state index in [-0.39, 0.29) is 6.04 Å². The molecule has 2 rings (SSSR count). The molecule has 1 heterocycles. The van der Waals surface area contributed by atoms with Crippen LogP contribution in [-0.4, -0.2) is 20.6 Å². The van der Waals surface area contributed by atoms with E-state index in [4.69, 9.17) is 5.73 Å². The fourth-order valence-corrected chi connectivity index (χ4v) is 2.33. The maximum Gasteiger partial charge on any atom is 0.191 e. The maximum atomic E-state index is 6.09. The van der Waals surface area contributed by atoms with Gasteiger partial charge in [-0.3, -0.25) is 0 Å². The Morgan fingerprint density at radius 3 is 3.00 bits per heavy atom. The second kappa shape index (κ2) is 4.04. The van der Waals surface area contributed by atoms with Crippen LogP contribution in [0.2, 0.25) is 0 Å². The largest absolute Gasteiger partial charge is 0.321 e. The third kappa shape index (κ3) is 1.92. The van der Waals surface area contributed by atoms with E-state index >= 15 is 0 Å². The zero-order chi connectivity index (χ0) is 9.97. The van der Waals surface area contributed by atoms with Gasteiger partial charge in [0.1, 0.15) is 0 Å². The molecule has 1 saturated carbocycles. The molecule has 1 fully saturated rings. The van der Waals surface area contributed by atoms with Gasteiger partial charge in [0.05, 0.1) is 6.04 Å². The number of hydrogen-bond acceptors (Lipinski definition) is 4. The van der Waals surface area contributed by atoms with Gasteiger partial charge in [0.25, 0.3) is 0 Å². The average Bonchev–Trinajstić information content (AvgIpc) is 2.69. The van der Waals surface area contributed by atoms with E-state index in [2.05, 4.69) is 27.5 Å². The molecule has 0 aromatic carbocycles. The van der Waals surface area contributed by atoms with Gasteiger partial charge in [-0.1, -0.05) is 25.0 Å². The van der Waals surface area contributed by atoms with Crippen molar-refractivity contribution in [1.82, 2.24) is 20.6 Å². The van der Waals surface area contributed by atoms with Gasteiger partial charge >= 0.3 is 0 Å². The first-order valence-electron chi connectivity index (χ1n) is 5.26. The average molecular weight is 195 g/mol. The van der Waals surface area contributed by atoms with Crippen molar-refractivity contribution in [2.75, 3.05) is 0 Å². The predicted octanol–water partition coefficient (Wildman–Crippen LogP) is 1.03.